The predicted molar refractivity (Wildman–Crippen MR) is 289 cm³/mol. The van der Waals surface area contributed by atoms with Crippen molar-refractivity contribution in [1.82, 2.24) is 60.8 Å². The van der Waals surface area contributed by atoms with Gasteiger partial charge in [-0.3, -0.25) is 48.3 Å². The Balaban J connectivity index is 1.41. The summed E-state index contributed by atoms with van der Waals surface area (Å²) in [7, 11) is 7.56. The first kappa shape index (κ1) is 59.8. The summed E-state index contributed by atoms with van der Waals surface area (Å²) in [6.07, 6.45) is 3.11. The zero-order chi connectivity index (χ0) is 57.1. The molecular weight excluding hydrogens is 1050 g/mol. The molecule has 4 N–H and O–H groups in total. The Kier molecular flexibility index (Phi) is 20.5. The van der Waals surface area contributed by atoms with Crippen molar-refractivity contribution in [1.29, 1.82) is 0 Å². The third-order valence-electron chi connectivity index (χ3n) is 14.0. The Bertz CT molecular complexity index is 2740. The zero-order valence-corrected chi connectivity index (χ0v) is 46.7. The predicted octanol–water partition coefficient (Wildman–Crippen LogP) is 1.37. The second-order valence-corrected chi connectivity index (χ2v) is 21.9. The maximum atomic E-state index is 15.0. The summed E-state index contributed by atoms with van der Waals surface area (Å²) in [5.74, 6) is -10.1. The summed E-state index contributed by atoms with van der Waals surface area (Å²) in [5.41, 5.74) is 1.40. The summed E-state index contributed by atoms with van der Waals surface area (Å²) in [6, 6.07) is 2.16. The number of ether oxygens (including phenoxy) is 2. The highest BCUT2D eigenvalue weighted by Crippen LogP contribution is 2.29. The molecule has 6 rings (SSSR count). The average Bonchev–Trinajstić information content (AvgIpc) is 3.47. The molecule has 24 nitrogen and oxygen atoms in total. The molecular formula is C52H66N12O12S2. The number of likely N-dealkylation sites (N-methyl/N-ethyl adjacent to an activating group) is 4. The van der Waals surface area contributed by atoms with Gasteiger partial charge in [0.05, 0.1) is 34.5 Å². The van der Waals surface area contributed by atoms with Crippen molar-refractivity contribution in [2.24, 2.45) is 11.8 Å². The molecule has 4 aromatic rings. The van der Waals surface area contributed by atoms with E-state index in [0.29, 0.717) is 34.9 Å². The number of cyclic esters (lactones) is 2. The molecule has 0 unspecified atom stereocenters. The van der Waals surface area contributed by atoms with Gasteiger partial charge in [0.1, 0.15) is 72.9 Å². The number of benzene rings is 2. The lowest BCUT2D eigenvalue weighted by Crippen LogP contribution is -2.60. The van der Waals surface area contributed by atoms with Gasteiger partial charge in [-0.25, -0.2) is 19.6 Å². The lowest BCUT2D eigenvalue weighted by atomic mass is 9.97. The Morgan fingerprint density at radius 1 is 0.577 bits per heavy atom. The smallest absolute Gasteiger partial charge is 0.329 e. The van der Waals surface area contributed by atoms with Gasteiger partial charge in [-0.05, 0) is 49.9 Å². The van der Waals surface area contributed by atoms with Crippen LogP contribution in [0.1, 0.15) is 75.4 Å². The Morgan fingerprint density at radius 2 is 0.923 bits per heavy atom. The van der Waals surface area contributed by atoms with E-state index in [9.17, 15) is 47.9 Å². The third-order valence-corrected chi connectivity index (χ3v) is 16.3. The highest BCUT2D eigenvalue weighted by atomic mass is 33.1. The molecule has 0 radical (unpaired) electrons. The van der Waals surface area contributed by atoms with E-state index in [-0.39, 0.29) is 22.9 Å². The number of amides is 8. The number of para-hydroxylation sites is 4. The Morgan fingerprint density at radius 3 is 1.27 bits per heavy atom. The number of hydrogen-bond acceptors (Lipinski definition) is 18. The van der Waals surface area contributed by atoms with Crippen LogP contribution in [0.15, 0.2) is 60.9 Å². The molecule has 10 atom stereocenters. The van der Waals surface area contributed by atoms with Gasteiger partial charge in [0.2, 0.25) is 35.4 Å². The van der Waals surface area contributed by atoms with Gasteiger partial charge in [0, 0.05) is 39.7 Å². The molecule has 2 bridgehead atoms. The molecule has 8 amide bonds. The van der Waals surface area contributed by atoms with Crippen LogP contribution < -0.4 is 21.3 Å². The number of hydrogen-bond donors (Lipinski definition) is 4. The van der Waals surface area contributed by atoms with E-state index in [2.05, 4.69) is 41.2 Å². The molecule has 418 valence electrons. The van der Waals surface area contributed by atoms with Gasteiger partial charge >= 0.3 is 11.9 Å². The minimum absolute atomic E-state index is 0.154. The SMILES string of the molecule is CC[C@H](C)[C@H]1C(=O)OC[C@@H](NC(=O)c2cnc3ccccc3n2)C(=O)N[C@@H](C)C(=O)N(C)[C@H]2CSSC[C@@H](C(=O)N1C)N(C)C(=O)[C@H](C)NC(=O)[C@H](NC(=O)c1cnc3ccccc3n1)COC(=O)[C@H]([C@@H](C)CC)N(C)C2=O. The first-order valence-electron chi connectivity index (χ1n) is 25.4. The lowest BCUT2D eigenvalue weighted by molar-refractivity contribution is -0.160. The topological polar surface area (TPSA) is 302 Å². The number of nitrogens with zero attached hydrogens (tertiary/aromatic N) is 8. The van der Waals surface area contributed by atoms with E-state index in [1.807, 2.05) is 0 Å². The molecule has 2 aliphatic heterocycles. The number of carbonyl (C=O) groups excluding carboxylic acids is 10. The fourth-order valence-corrected chi connectivity index (χ4v) is 11.3. The molecule has 2 aromatic carbocycles. The molecule has 4 heterocycles. The van der Waals surface area contributed by atoms with Crippen LogP contribution in [-0.4, -0.2) is 200 Å². The minimum Gasteiger partial charge on any atom is -0.461 e. The number of rotatable bonds is 8. The Labute approximate surface area is 459 Å². The first-order valence-corrected chi connectivity index (χ1v) is 27.9. The van der Waals surface area contributed by atoms with Gasteiger partial charge < -0.3 is 50.3 Å². The van der Waals surface area contributed by atoms with E-state index < -0.39 is 133 Å². The monoisotopic (exact) mass is 1110 g/mol. The molecule has 2 saturated heterocycles. The molecule has 2 aliphatic rings. The van der Waals surface area contributed by atoms with Crippen molar-refractivity contribution in [3.63, 3.8) is 0 Å². The van der Waals surface area contributed by atoms with Crippen LogP contribution >= 0.6 is 21.6 Å². The van der Waals surface area contributed by atoms with Crippen LogP contribution in [0.5, 0.6) is 0 Å². The minimum atomic E-state index is -1.65. The van der Waals surface area contributed by atoms with Crippen molar-refractivity contribution >= 4 is 103 Å². The highest BCUT2D eigenvalue weighted by Gasteiger charge is 2.43. The summed E-state index contributed by atoms with van der Waals surface area (Å²) in [6.45, 7) is 8.13. The lowest BCUT2D eigenvalue weighted by Gasteiger charge is -2.38. The van der Waals surface area contributed by atoms with Crippen LogP contribution in [0.3, 0.4) is 0 Å². The summed E-state index contributed by atoms with van der Waals surface area (Å²) < 4.78 is 11.6. The average molecular weight is 1120 g/mol. The molecule has 26 heteroatoms. The summed E-state index contributed by atoms with van der Waals surface area (Å²) in [4.78, 5) is 166. The molecule has 0 saturated carbocycles. The second kappa shape index (κ2) is 26.7. The number of carbonyl (C=O) groups is 10. The molecule has 0 aliphatic carbocycles. The molecule has 0 spiro atoms. The quantitative estimate of drug-likeness (QED) is 0.143. The fraction of sp³-hybridized carbons (Fsp3) is 0.500. The number of esters is 2. The van der Waals surface area contributed by atoms with Crippen molar-refractivity contribution in [3.8, 4) is 0 Å². The van der Waals surface area contributed by atoms with Crippen LogP contribution in [0.25, 0.3) is 22.1 Å². The summed E-state index contributed by atoms with van der Waals surface area (Å²) >= 11 is 0. The van der Waals surface area contributed by atoms with E-state index in [4.69, 9.17) is 9.47 Å². The molecule has 2 fully saturated rings. The van der Waals surface area contributed by atoms with Gasteiger partial charge in [0.15, 0.2) is 0 Å². The maximum absolute atomic E-state index is 15.0. The fourth-order valence-electron chi connectivity index (χ4n) is 8.79. The van der Waals surface area contributed by atoms with E-state index >= 15 is 0 Å². The highest BCUT2D eigenvalue weighted by molar-refractivity contribution is 8.76. The Hall–Kier alpha value is -7.48. The van der Waals surface area contributed by atoms with Gasteiger partial charge in [0.25, 0.3) is 11.8 Å². The van der Waals surface area contributed by atoms with Crippen LogP contribution in [-0.2, 0) is 47.8 Å². The number of fused-ring (bicyclic) bond motifs is 7. The third kappa shape index (κ3) is 14.0. The van der Waals surface area contributed by atoms with Crippen LogP contribution in [0, 0.1) is 11.8 Å². The number of nitrogens with one attached hydrogen (secondary N) is 4. The van der Waals surface area contributed by atoms with Gasteiger partial charge in [-0.15, -0.1) is 0 Å². The van der Waals surface area contributed by atoms with Crippen molar-refractivity contribution in [3.05, 3.63) is 72.3 Å². The largest absolute Gasteiger partial charge is 0.461 e. The maximum Gasteiger partial charge on any atom is 0.329 e. The van der Waals surface area contributed by atoms with Crippen molar-refractivity contribution in [2.45, 2.75) is 103 Å². The van der Waals surface area contributed by atoms with E-state index in [1.54, 1.807) is 76.2 Å². The van der Waals surface area contributed by atoms with E-state index in [0.717, 1.165) is 41.2 Å². The van der Waals surface area contributed by atoms with Gasteiger partial charge in [-0.2, -0.15) is 0 Å². The van der Waals surface area contributed by atoms with Crippen LogP contribution in [0.4, 0.5) is 0 Å². The molecule has 2 aromatic heterocycles. The van der Waals surface area contributed by atoms with Crippen molar-refractivity contribution < 1.29 is 57.4 Å². The first-order chi connectivity index (χ1) is 37.1. The normalized spacial score (nSPS) is 25.1. The second-order valence-electron chi connectivity index (χ2n) is 19.3. The van der Waals surface area contributed by atoms with E-state index in [1.165, 1.54) is 54.4 Å². The standard InChI is InChI=1S/C52H66N12O12S2/c1-11-27(3)41-51(73)75-23-37(59-43(65)35-21-53-31-17-13-15-19-33(31)57-35)45(67)55-30(6)48(70)62(8)40-26-78-77-25-39(49(71)63(41)9)61(7)47(69)29(5)56-46(68)38(24-76-52(74)42(28(4)12-2)64(10)50(40)72)60-44(66)36-22-54-32-18-14-16-20-34(32)58-36/h13-22,27-30,37-42H,11-12,23-26H2,1-10H3,(H,55,67)(H,56,68)(H,59,65)(H,60,66)/t27-,28-,29-,30-,37+,38+,39-,40-,41-,42-/m0/s1. The molecule has 78 heavy (non-hydrogen) atoms. The van der Waals surface area contributed by atoms with Crippen molar-refractivity contribution in [2.75, 3.05) is 52.9 Å². The van der Waals surface area contributed by atoms with Gasteiger partial charge in [-0.1, -0.05) is 86.4 Å². The summed E-state index contributed by atoms with van der Waals surface area (Å²) in [5, 5.41) is 10.3. The number of aromatic nitrogens is 4. The van der Waals surface area contributed by atoms with Crippen LogP contribution in [0.2, 0.25) is 0 Å². The zero-order valence-electron chi connectivity index (χ0n) is 45.1.